The summed E-state index contributed by atoms with van der Waals surface area (Å²) in [5, 5.41) is 9.30. The van der Waals surface area contributed by atoms with Crippen LogP contribution in [-0.4, -0.2) is 27.4 Å². The number of amides is 3. The minimum atomic E-state index is -0.900. The summed E-state index contributed by atoms with van der Waals surface area (Å²) in [4.78, 5) is 22.1. The van der Waals surface area contributed by atoms with Crippen molar-refractivity contribution in [3.63, 3.8) is 0 Å². The lowest BCUT2D eigenvalue weighted by Crippen LogP contribution is -2.39. The SMILES string of the molecule is Cc1occc1-c1nnc(S[C@@H](C)C(=O)NC(N)=O)o1. The van der Waals surface area contributed by atoms with E-state index < -0.39 is 17.2 Å². The zero-order chi connectivity index (χ0) is 14.7. The molecule has 0 bridgehead atoms. The highest BCUT2D eigenvalue weighted by Crippen LogP contribution is 2.28. The molecule has 8 nitrogen and oxygen atoms in total. The van der Waals surface area contributed by atoms with Gasteiger partial charge in [0.2, 0.25) is 5.91 Å². The van der Waals surface area contributed by atoms with Crippen molar-refractivity contribution in [2.24, 2.45) is 5.73 Å². The molecule has 0 unspecified atom stereocenters. The van der Waals surface area contributed by atoms with Crippen molar-refractivity contribution >= 4 is 23.7 Å². The van der Waals surface area contributed by atoms with E-state index in [4.69, 9.17) is 14.6 Å². The number of aromatic nitrogens is 2. The highest BCUT2D eigenvalue weighted by Gasteiger charge is 2.20. The molecule has 3 N–H and O–H groups in total. The van der Waals surface area contributed by atoms with Gasteiger partial charge in [0.1, 0.15) is 5.76 Å². The normalized spacial score (nSPS) is 12.1. The predicted octanol–water partition coefficient (Wildman–Crippen LogP) is 1.31. The minimum Gasteiger partial charge on any atom is -0.469 e. The second kappa shape index (κ2) is 5.78. The number of urea groups is 1. The molecule has 2 heterocycles. The molecule has 2 aromatic heterocycles. The highest BCUT2D eigenvalue weighted by molar-refractivity contribution is 8.00. The Morgan fingerprint density at radius 2 is 2.20 bits per heavy atom. The van der Waals surface area contributed by atoms with Crippen molar-refractivity contribution in [2.45, 2.75) is 24.3 Å². The quantitative estimate of drug-likeness (QED) is 0.815. The Morgan fingerprint density at radius 1 is 1.45 bits per heavy atom. The van der Waals surface area contributed by atoms with Crippen molar-refractivity contribution in [3.8, 4) is 11.5 Å². The van der Waals surface area contributed by atoms with Gasteiger partial charge in [0.05, 0.1) is 17.1 Å². The van der Waals surface area contributed by atoms with Crippen molar-refractivity contribution in [1.82, 2.24) is 15.5 Å². The van der Waals surface area contributed by atoms with Crippen molar-refractivity contribution in [1.29, 1.82) is 0 Å². The van der Waals surface area contributed by atoms with Crippen LogP contribution in [0.25, 0.3) is 11.5 Å². The van der Waals surface area contributed by atoms with E-state index in [2.05, 4.69) is 10.2 Å². The van der Waals surface area contributed by atoms with Crippen molar-refractivity contribution in [3.05, 3.63) is 18.1 Å². The third kappa shape index (κ3) is 3.18. The van der Waals surface area contributed by atoms with E-state index in [-0.39, 0.29) is 5.22 Å². The smallest absolute Gasteiger partial charge is 0.318 e. The topological polar surface area (TPSA) is 124 Å². The second-order valence-corrected chi connectivity index (χ2v) is 5.17. The monoisotopic (exact) mass is 296 g/mol. The van der Waals surface area contributed by atoms with Crippen LogP contribution in [0, 0.1) is 6.92 Å². The van der Waals surface area contributed by atoms with Gasteiger partial charge in [-0.1, -0.05) is 11.8 Å². The van der Waals surface area contributed by atoms with Gasteiger partial charge in [-0.2, -0.15) is 0 Å². The lowest BCUT2D eigenvalue weighted by Gasteiger charge is -2.06. The van der Waals surface area contributed by atoms with E-state index in [1.54, 1.807) is 19.9 Å². The van der Waals surface area contributed by atoms with Gasteiger partial charge < -0.3 is 14.6 Å². The molecule has 0 fully saturated rings. The summed E-state index contributed by atoms with van der Waals surface area (Å²) in [5.41, 5.74) is 5.56. The standard InChI is InChI=1S/C11H12N4O4S/c1-5-7(3-4-18-5)9-14-15-11(19-9)20-6(2)8(16)13-10(12)17/h3-4,6H,1-2H3,(H3,12,13,16,17)/t6-/m0/s1. The maximum absolute atomic E-state index is 11.5. The number of nitrogens with zero attached hydrogens (tertiary/aromatic N) is 2. The highest BCUT2D eigenvalue weighted by atomic mass is 32.2. The molecule has 2 rings (SSSR count). The Balaban J connectivity index is 2.05. The number of rotatable bonds is 4. The maximum Gasteiger partial charge on any atom is 0.318 e. The molecular weight excluding hydrogens is 284 g/mol. The summed E-state index contributed by atoms with van der Waals surface area (Å²) in [6, 6.07) is 0.809. The van der Waals surface area contributed by atoms with E-state index in [1.165, 1.54) is 6.26 Å². The van der Waals surface area contributed by atoms with E-state index in [9.17, 15) is 9.59 Å². The molecule has 0 aliphatic heterocycles. The molecule has 0 aliphatic carbocycles. The molecule has 0 aliphatic rings. The third-order valence-electron chi connectivity index (χ3n) is 2.39. The first-order chi connectivity index (χ1) is 9.47. The summed E-state index contributed by atoms with van der Waals surface area (Å²) in [7, 11) is 0. The van der Waals surface area contributed by atoms with Crippen LogP contribution in [-0.2, 0) is 4.79 Å². The Hall–Kier alpha value is -2.29. The summed E-state index contributed by atoms with van der Waals surface area (Å²) in [6.07, 6.45) is 1.52. The molecule has 0 spiro atoms. The molecule has 0 saturated heterocycles. The van der Waals surface area contributed by atoms with Crippen LogP contribution in [0.4, 0.5) is 4.79 Å². The molecule has 0 aromatic carbocycles. The van der Waals surface area contributed by atoms with Gasteiger partial charge in [-0.3, -0.25) is 10.1 Å². The number of hydrogen-bond acceptors (Lipinski definition) is 7. The molecule has 1 atom stereocenters. The number of carbonyl (C=O) groups is 2. The van der Waals surface area contributed by atoms with Crippen molar-refractivity contribution in [2.75, 3.05) is 0 Å². The zero-order valence-corrected chi connectivity index (χ0v) is 11.6. The van der Waals surface area contributed by atoms with Gasteiger partial charge in [0.25, 0.3) is 11.1 Å². The van der Waals surface area contributed by atoms with Crippen LogP contribution in [0.2, 0.25) is 0 Å². The molecule has 20 heavy (non-hydrogen) atoms. The molecule has 0 saturated carbocycles. The lowest BCUT2D eigenvalue weighted by atomic mass is 10.3. The summed E-state index contributed by atoms with van der Waals surface area (Å²) in [6.45, 7) is 3.37. The van der Waals surface area contributed by atoms with Gasteiger partial charge in [-0.15, -0.1) is 10.2 Å². The average Bonchev–Trinajstić information content (AvgIpc) is 2.97. The number of nitrogens with two attached hydrogens (primary N) is 1. The fraction of sp³-hybridized carbons (Fsp3) is 0.273. The number of hydrogen-bond donors (Lipinski definition) is 2. The van der Waals surface area contributed by atoms with E-state index in [0.29, 0.717) is 17.2 Å². The van der Waals surface area contributed by atoms with Crippen LogP contribution >= 0.6 is 11.8 Å². The number of nitrogens with one attached hydrogen (secondary N) is 1. The summed E-state index contributed by atoms with van der Waals surface area (Å²) in [5.74, 6) is 0.438. The maximum atomic E-state index is 11.5. The van der Waals surface area contributed by atoms with Crippen molar-refractivity contribution < 1.29 is 18.4 Å². The molecule has 9 heteroatoms. The number of aryl methyl sites for hydroxylation is 1. The fourth-order valence-corrected chi connectivity index (χ4v) is 2.08. The van der Waals surface area contributed by atoms with E-state index in [0.717, 1.165) is 11.8 Å². The molecular formula is C11H12N4O4S. The van der Waals surface area contributed by atoms with Gasteiger partial charge >= 0.3 is 6.03 Å². The second-order valence-electron chi connectivity index (χ2n) is 3.88. The molecule has 2 aromatic rings. The van der Waals surface area contributed by atoms with E-state index >= 15 is 0 Å². The molecule has 106 valence electrons. The predicted molar refractivity (Wildman–Crippen MR) is 69.8 cm³/mol. The largest absolute Gasteiger partial charge is 0.469 e. The Kier molecular flexibility index (Phi) is 4.08. The Morgan fingerprint density at radius 3 is 2.80 bits per heavy atom. The Bertz CT molecular complexity index is 636. The fourth-order valence-electron chi connectivity index (χ4n) is 1.40. The first kappa shape index (κ1) is 14.1. The Labute approximate surface area is 118 Å². The van der Waals surface area contributed by atoms with Gasteiger partial charge in [-0.05, 0) is 19.9 Å². The summed E-state index contributed by atoms with van der Waals surface area (Å²) >= 11 is 1.03. The van der Waals surface area contributed by atoms with Crippen LogP contribution in [0.1, 0.15) is 12.7 Å². The van der Waals surface area contributed by atoms with Gasteiger partial charge in [0, 0.05) is 0 Å². The number of imide groups is 1. The van der Waals surface area contributed by atoms with Crippen LogP contribution in [0.15, 0.2) is 26.4 Å². The number of carbonyl (C=O) groups excluding carboxylic acids is 2. The first-order valence-electron chi connectivity index (χ1n) is 5.62. The zero-order valence-electron chi connectivity index (χ0n) is 10.7. The average molecular weight is 296 g/mol. The van der Waals surface area contributed by atoms with E-state index in [1.807, 2.05) is 5.32 Å². The minimum absolute atomic E-state index is 0.215. The number of primary amides is 1. The van der Waals surface area contributed by atoms with Gasteiger partial charge in [0.15, 0.2) is 0 Å². The van der Waals surface area contributed by atoms with Gasteiger partial charge in [-0.25, -0.2) is 4.79 Å². The summed E-state index contributed by atoms with van der Waals surface area (Å²) < 4.78 is 10.6. The third-order valence-corrected chi connectivity index (χ3v) is 3.32. The molecule has 3 amide bonds. The lowest BCUT2D eigenvalue weighted by molar-refractivity contribution is -0.119. The number of furan rings is 1. The van der Waals surface area contributed by atoms with Crippen LogP contribution < -0.4 is 11.1 Å². The number of thioether (sulfide) groups is 1. The first-order valence-corrected chi connectivity index (χ1v) is 6.50. The molecule has 0 radical (unpaired) electrons. The van der Waals surface area contributed by atoms with Crippen LogP contribution in [0.5, 0.6) is 0 Å². The van der Waals surface area contributed by atoms with Crippen LogP contribution in [0.3, 0.4) is 0 Å².